The molecule has 0 unspecified atom stereocenters. The molecule has 0 N–H and O–H groups in total. The van der Waals surface area contributed by atoms with Crippen molar-refractivity contribution in [2.24, 2.45) is 0 Å². The molecule has 0 bridgehead atoms. The zero-order valence-electron chi connectivity index (χ0n) is 10.5. The van der Waals surface area contributed by atoms with Gasteiger partial charge in [-0.25, -0.2) is 0 Å². The molecule has 2 heterocycles. The van der Waals surface area contributed by atoms with Crippen molar-refractivity contribution in [3.63, 3.8) is 0 Å². The first-order chi connectivity index (χ1) is 9.84. The molecular weight excluding hydrogens is 315 g/mol. The summed E-state index contributed by atoms with van der Waals surface area (Å²) in [6.07, 6.45) is 1.77. The minimum atomic E-state index is -0.0369. The molecule has 0 fully saturated rings. The Hall–Kier alpha value is -2.16. The number of aromatic nitrogens is 2. The van der Waals surface area contributed by atoms with Crippen molar-refractivity contribution in [1.82, 2.24) is 8.55 Å². The summed E-state index contributed by atoms with van der Waals surface area (Å²) in [5.41, 5.74) is 0.0597. The van der Waals surface area contributed by atoms with E-state index in [2.05, 4.69) is 4.98 Å². The molecule has 0 atom stereocenters. The SMILES string of the molecule is O=c1c2ccccc2[se]n1-c1nccc2ccccc12. The normalized spacial score (nSPS) is 11.2. The molecule has 0 aliphatic heterocycles. The van der Waals surface area contributed by atoms with Crippen molar-refractivity contribution >= 4 is 35.2 Å². The van der Waals surface area contributed by atoms with Gasteiger partial charge in [-0.05, 0) is 0 Å². The monoisotopic (exact) mass is 326 g/mol. The third-order valence-corrected chi connectivity index (χ3v) is 5.59. The van der Waals surface area contributed by atoms with Gasteiger partial charge in [0.1, 0.15) is 0 Å². The van der Waals surface area contributed by atoms with Crippen LogP contribution in [-0.4, -0.2) is 23.3 Å². The summed E-state index contributed by atoms with van der Waals surface area (Å²) in [5, 5.41) is 2.94. The number of benzene rings is 2. The molecular formula is C16H10N2OSe. The Labute approximate surface area is 121 Å². The van der Waals surface area contributed by atoms with Gasteiger partial charge in [0, 0.05) is 0 Å². The Morgan fingerprint density at radius 2 is 1.65 bits per heavy atom. The van der Waals surface area contributed by atoms with Gasteiger partial charge in [0.05, 0.1) is 0 Å². The van der Waals surface area contributed by atoms with E-state index >= 15 is 0 Å². The van der Waals surface area contributed by atoms with E-state index in [1.807, 2.05) is 58.2 Å². The predicted octanol–water partition coefficient (Wildman–Crippen LogP) is 2.60. The van der Waals surface area contributed by atoms with Crippen LogP contribution in [0.2, 0.25) is 0 Å². The second-order valence-corrected chi connectivity index (χ2v) is 6.61. The van der Waals surface area contributed by atoms with Crippen LogP contribution in [0.1, 0.15) is 0 Å². The topological polar surface area (TPSA) is 34.9 Å². The van der Waals surface area contributed by atoms with E-state index < -0.39 is 0 Å². The molecule has 2 aromatic heterocycles. The predicted molar refractivity (Wildman–Crippen MR) is 81.8 cm³/mol. The fourth-order valence-electron chi connectivity index (χ4n) is 2.38. The fourth-order valence-corrected chi connectivity index (χ4v) is 4.48. The molecule has 2 aromatic carbocycles. The molecule has 0 spiro atoms. The molecule has 0 saturated heterocycles. The third-order valence-electron chi connectivity index (χ3n) is 3.34. The first-order valence-electron chi connectivity index (χ1n) is 6.30. The zero-order chi connectivity index (χ0) is 13.5. The van der Waals surface area contributed by atoms with Crippen LogP contribution >= 0.6 is 0 Å². The van der Waals surface area contributed by atoms with Gasteiger partial charge in [0.25, 0.3) is 0 Å². The van der Waals surface area contributed by atoms with Crippen LogP contribution in [-0.2, 0) is 0 Å². The maximum atomic E-state index is 12.5. The quantitative estimate of drug-likeness (QED) is 0.504. The minimum absolute atomic E-state index is 0.0369. The molecule has 3 nitrogen and oxygen atoms in total. The van der Waals surface area contributed by atoms with Crippen LogP contribution in [0.3, 0.4) is 0 Å². The Balaban J connectivity index is 2.12. The summed E-state index contributed by atoms with van der Waals surface area (Å²) < 4.78 is 2.94. The molecule has 4 aromatic rings. The first-order valence-corrected chi connectivity index (χ1v) is 7.92. The van der Waals surface area contributed by atoms with Crippen molar-refractivity contribution < 1.29 is 0 Å². The van der Waals surface area contributed by atoms with Gasteiger partial charge in [0.2, 0.25) is 0 Å². The second-order valence-electron chi connectivity index (χ2n) is 4.54. The van der Waals surface area contributed by atoms with E-state index in [0.29, 0.717) is 0 Å². The number of pyridine rings is 1. The van der Waals surface area contributed by atoms with Crippen LogP contribution in [0.4, 0.5) is 0 Å². The van der Waals surface area contributed by atoms with Crippen LogP contribution in [0.25, 0.3) is 26.2 Å². The number of hydrogen-bond acceptors (Lipinski definition) is 2. The van der Waals surface area contributed by atoms with Crippen molar-refractivity contribution in [2.75, 3.05) is 0 Å². The summed E-state index contributed by atoms with van der Waals surface area (Å²) in [5.74, 6) is 0.768. The molecule has 0 amide bonds. The maximum absolute atomic E-state index is 12.5. The average molecular weight is 325 g/mol. The van der Waals surface area contributed by atoms with Gasteiger partial charge in [-0.2, -0.15) is 0 Å². The van der Waals surface area contributed by atoms with Crippen molar-refractivity contribution in [3.8, 4) is 5.82 Å². The van der Waals surface area contributed by atoms with E-state index in [9.17, 15) is 4.79 Å². The molecule has 0 aliphatic carbocycles. The number of rotatable bonds is 1. The van der Waals surface area contributed by atoms with Crippen LogP contribution in [0.5, 0.6) is 0 Å². The third kappa shape index (κ3) is 1.66. The summed E-state index contributed by atoms with van der Waals surface area (Å²) >= 11 is -0.0369. The van der Waals surface area contributed by atoms with Gasteiger partial charge in [-0.1, -0.05) is 0 Å². The summed E-state index contributed by atoms with van der Waals surface area (Å²) in [6, 6.07) is 17.8. The molecule has 0 aliphatic rings. The van der Waals surface area contributed by atoms with E-state index in [0.717, 1.165) is 26.2 Å². The first kappa shape index (κ1) is 11.6. The molecule has 0 radical (unpaired) electrons. The van der Waals surface area contributed by atoms with Gasteiger partial charge >= 0.3 is 121 Å². The second kappa shape index (κ2) is 4.44. The van der Waals surface area contributed by atoms with Crippen molar-refractivity contribution in [3.05, 3.63) is 71.1 Å². The molecule has 4 rings (SSSR count). The zero-order valence-corrected chi connectivity index (χ0v) is 12.2. The molecule has 4 heteroatoms. The molecule has 96 valence electrons. The molecule has 0 saturated carbocycles. The van der Waals surface area contributed by atoms with Crippen molar-refractivity contribution in [1.29, 1.82) is 0 Å². The van der Waals surface area contributed by atoms with E-state index in [1.165, 1.54) is 0 Å². The van der Waals surface area contributed by atoms with E-state index in [4.69, 9.17) is 0 Å². The number of nitrogens with zero attached hydrogens (tertiary/aromatic N) is 2. The van der Waals surface area contributed by atoms with Crippen LogP contribution < -0.4 is 5.56 Å². The molecule has 20 heavy (non-hydrogen) atoms. The summed E-state index contributed by atoms with van der Waals surface area (Å²) in [7, 11) is 0. The summed E-state index contributed by atoms with van der Waals surface area (Å²) in [6.45, 7) is 0. The summed E-state index contributed by atoms with van der Waals surface area (Å²) in [4.78, 5) is 17.0. The van der Waals surface area contributed by atoms with Gasteiger partial charge < -0.3 is 0 Å². The Bertz CT molecular complexity index is 979. The van der Waals surface area contributed by atoms with Crippen molar-refractivity contribution in [2.45, 2.75) is 0 Å². The number of fused-ring (bicyclic) bond motifs is 2. The number of hydrogen-bond donors (Lipinski definition) is 0. The van der Waals surface area contributed by atoms with E-state index in [-0.39, 0.29) is 20.3 Å². The standard InChI is InChI=1S/C16H10N2OSe/c19-16-13-7-3-4-8-14(13)20-18(16)15-12-6-2-1-5-11(12)9-10-17-15/h1-10H. The van der Waals surface area contributed by atoms with Gasteiger partial charge in [0.15, 0.2) is 0 Å². The Morgan fingerprint density at radius 3 is 2.50 bits per heavy atom. The van der Waals surface area contributed by atoms with Crippen LogP contribution in [0, 0.1) is 0 Å². The van der Waals surface area contributed by atoms with Gasteiger partial charge in [-0.15, -0.1) is 0 Å². The average Bonchev–Trinajstić information content (AvgIpc) is 2.84. The Kier molecular flexibility index (Phi) is 2.59. The van der Waals surface area contributed by atoms with Crippen LogP contribution in [0.15, 0.2) is 65.6 Å². The van der Waals surface area contributed by atoms with E-state index in [1.54, 1.807) is 6.20 Å². The van der Waals surface area contributed by atoms with Gasteiger partial charge in [-0.3, -0.25) is 0 Å². The Morgan fingerprint density at radius 1 is 0.900 bits per heavy atom. The fraction of sp³-hybridized carbons (Fsp3) is 0.